The van der Waals surface area contributed by atoms with Crippen molar-refractivity contribution in [3.05, 3.63) is 0 Å². The van der Waals surface area contributed by atoms with Gasteiger partial charge < -0.3 is 33.8 Å². The number of rotatable bonds is 70. The first-order valence-corrected chi connectivity index (χ1v) is 40.7. The Balaban J connectivity index is 5.22. The molecule has 0 aromatic carbocycles. The van der Waals surface area contributed by atoms with E-state index in [1.807, 2.05) is 0 Å². The number of carbonyl (C=O) groups excluding carboxylic acids is 4. The lowest BCUT2D eigenvalue weighted by atomic mass is 10.0. The standard InChI is InChI=1S/C73H142O17P2/c1-63(2)49-41-33-25-18-14-11-9-10-12-16-20-29-37-45-53-70(75)83-59-68(90-73(78)56-48-40-31-23-22-27-35-43-51-65(5)6)61-87-91(79,80)85-57-67(74)58-86-92(81,82)88-62-69(60-84-71(76)54-46-38-32-24-28-36-44-52-66(7)8)89-72(77)55-47-39-30-21-17-13-15-19-26-34-42-50-64(3)4/h63-69,74H,9-62H2,1-8H3,(H,79,80)(H,81,82)/t67?,68-,69-/m1/s1. The summed E-state index contributed by atoms with van der Waals surface area (Å²) in [5.41, 5.74) is 0. The number of esters is 4. The SMILES string of the molecule is CC(C)CCCCCCCCCCCCCCCCC(=O)OC[C@H](COP(=O)(O)OCC(O)COP(=O)(O)OC[C@@H](COC(=O)CCCCCCCCCC(C)C)OC(=O)CCCCCCCCCCCCCC(C)C)OC(=O)CCCCCCCCCCC(C)C. The van der Waals surface area contributed by atoms with E-state index in [1.165, 1.54) is 161 Å². The normalized spacial score (nSPS) is 14.2. The van der Waals surface area contributed by atoms with Crippen LogP contribution < -0.4 is 0 Å². The fourth-order valence-corrected chi connectivity index (χ4v) is 12.6. The van der Waals surface area contributed by atoms with Crippen molar-refractivity contribution in [2.75, 3.05) is 39.6 Å². The van der Waals surface area contributed by atoms with Crippen LogP contribution in [0.5, 0.6) is 0 Å². The molecule has 0 spiro atoms. The van der Waals surface area contributed by atoms with Gasteiger partial charge >= 0.3 is 39.5 Å². The molecule has 3 unspecified atom stereocenters. The van der Waals surface area contributed by atoms with Crippen LogP contribution in [0.1, 0.15) is 364 Å². The highest BCUT2D eigenvalue weighted by Gasteiger charge is 2.30. The average Bonchev–Trinajstić information content (AvgIpc) is 3.51. The molecule has 0 radical (unpaired) electrons. The highest BCUT2D eigenvalue weighted by Crippen LogP contribution is 2.45. The molecule has 0 aliphatic heterocycles. The summed E-state index contributed by atoms with van der Waals surface area (Å²) >= 11 is 0. The quantitative estimate of drug-likeness (QED) is 0.0222. The summed E-state index contributed by atoms with van der Waals surface area (Å²) in [6.45, 7) is 14.1. The molecule has 0 saturated heterocycles. The maximum absolute atomic E-state index is 13.0. The van der Waals surface area contributed by atoms with Gasteiger partial charge in [0.2, 0.25) is 0 Å². The van der Waals surface area contributed by atoms with Gasteiger partial charge in [-0.1, -0.05) is 312 Å². The number of phosphoric ester groups is 2. The highest BCUT2D eigenvalue weighted by atomic mass is 31.2. The van der Waals surface area contributed by atoms with E-state index in [4.69, 9.17) is 37.0 Å². The number of hydrogen-bond donors (Lipinski definition) is 3. The molecule has 0 bridgehead atoms. The van der Waals surface area contributed by atoms with Crippen LogP contribution in [0.2, 0.25) is 0 Å². The van der Waals surface area contributed by atoms with Gasteiger partial charge in [-0.15, -0.1) is 0 Å². The summed E-state index contributed by atoms with van der Waals surface area (Å²) in [5.74, 6) is 0.861. The predicted octanol–water partition coefficient (Wildman–Crippen LogP) is 20.9. The van der Waals surface area contributed by atoms with Gasteiger partial charge in [0.1, 0.15) is 19.3 Å². The first kappa shape index (κ1) is 90.1. The van der Waals surface area contributed by atoms with Crippen molar-refractivity contribution in [1.29, 1.82) is 0 Å². The largest absolute Gasteiger partial charge is 0.472 e. The Bertz CT molecular complexity index is 1820. The molecule has 0 saturated carbocycles. The van der Waals surface area contributed by atoms with Crippen molar-refractivity contribution in [2.24, 2.45) is 23.7 Å². The molecule has 0 aromatic rings. The maximum atomic E-state index is 13.0. The predicted molar refractivity (Wildman–Crippen MR) is 372 cm³/mol. The molecule has 0 rings (SSSR count). The van der Waals surface area contributed by atoms with Gasteiger partial charge in [-0.05, 0) is 49.4 Å². The van der Waals surface area contributed by atoms with E-state index in [0.717, 1.165) is 114 Å². The molecule has 92 heavy (non-hydrogen) atoms. The zero-order valence-corrected chi connectivity index (χ0v) is 62.0. The number of carbonyl (C=O) groups is 4. The monoisotopic (exact) mass is 1350 g/mol. The Kier molecular flexibility index (Phi) is 61.3. The van der Waals surface area contributed by atoms with Gasteiger partial charge in [-0.2, -0.15) is 0 Å². The van der Waals surface area contributed by atoms with Crippen LogP contribution in [0, 0.1) is 23.7 Å². The molecule has 0 heterocycles. The second kappa shape index (κ2) is 62.6. The van der Waals surface area contributed by atoms with Gasteiger partial charge in [-0.25, -0.2) is 9.13 Å². The van der Waals surface area contributed by atoms with E-state index >= 15 is 0 Å². The van der Waals surface area contributed by atoms with Crippen LogP contribution in [-0.4, -0.2) is 96.7 Å². The van der Waals surface area contributed by atoms with Crippen LogP contribution in [-0.2, 0) is 65.4 Å². The third-order valence-corrected chi connectivity index (χ3v) is 18.7. The molecule has 3 N–H and O–H groups in total. The fourth-order valence-electron chi connectivity index (χ4n) is 11.0. The number of unbranched alkanes of at least 4 members (excludes halogenated alkanes) is 36. The van der Waals surface area contributed by atoms with Crippen LogP contribution in [0.25, 0.3) is 0 Å². The summed E-state index contributed by atoms with van der Waals surface area (Å²) in [6.07, 6.45) is 45.9. The second-order valence-electron chi connectivity index (χ2n) is 28.2. The minimum absolute atomic E-state index is 0.104. The summed E-state index contributed by atoms with van der Waals surface area (Å²) in [6, 6.07) is 0. The molecule has 546 valence electrons. The van der Waals surface area contributed by atoms with Crippen molar-refractivity contribution in [2.45, 2.75) is 382 Å². The van der Waals surface area contributed by atoms with Gasteiger partial charge in [0, 0.05) is 25.7 Å². The molecular formula is C73H142O17P2. The number of aliphatic hydroxyl groups is 1. The van der Waals surface area contributed by atoms with Crippen LogP contribution in [0.4, 0.5) is 0 Å². The lowest BCUT2D eigenvalue weighted by Gasteiger charge is -2.21. The van der Waals surface area contributed by atoms with E-state index in [1.54, 1.807) is 0 Å². The third-order valence-electron chi connectivity index (χ3n) is 16.8. The van der Waals surface area contributed by atoms with Crippen molar-refractivity contribution >= 4 is 39.5 Å². The van der Waals surface area contributed by atoms with Crippen molar-refractivity contribution in [1.82, 2.24) is 0 Å². The number of ether oxygens (including phenoxy) is 4. The lowest BCUT2D eigenvalue weighted by molar-refractivity contribution is -0.161. The molecule has 19 heteroatoms. The fraction of sp³-hybridized carbons (Fsp3) is 0.945. The van der Waals surface area contributed by atoms with Gasteiger partial charge in [0.05, 0.1) is 26.4 Å². The van der Waals surface area contributed by atoms with E-state index in [9.17, 15) is 43.2 Å². The molecule has 0 aromatic heterocycles. The smallest absolute Gasteiger partial charge is 0.462 e. The van der Waals surface area contributed by atoms with Gasteiger partial charge in [0.25, 0.3) is 0 Å². The zero-order valence-electron chi connectivity index (χ0n) is 60.2. The summed E-state index contributed by atoms with van der Waals surface area (Å²) in [5, 5.41) is 10.6. The van der Waals surface area contributed by atoms with E-state index in [2.05, 4.69) is 55.4 Å². The zero-order chi connectivity index (χ0) is 68.2. The summed E-state index contributed by atoms with van der Waals surface area (Å²) < 4.78 is 68.4. The molecule has 0 amide bonds. The Morgan fingerprint density at radius 1 is 0.272 bits per heavy atom. The Morgan fingerprint density at radius 3 is 0.674 bits per heavy atom. The first-order valence-electron chi connectivity index (χ1n) is 37.7. The van der Waals surface area contributed by atoms with Crippen molar-refractivity contribution in [3.8, 4) is 0 Å². The van der Waals surface area contributed by atoms with E-state index < -0.39 is 97.5 Å². The van der Waals surface area contributed by atoms with E-state index in [-0.39, 0.29) is 25.7 Å². The Morgan fingerprint density at radius 2 is 0.457 bits per heavy atom. The van der Waals surface area contributed by atoms with Gasteiger partial charge in [-0.3, -0.25) is 37.3 Å². The average molecular weight is 1350 g/mol. The third kappa shape index (κ3) is 66.7. The molecule has 5 atom stereocenters. The minimum Gasteiger partial charge on any atom is -0.462 e. The Hall–Kier alpha value is -1.94. The molecule has 0 aliphatic rings. The number of aliphatic hydroxyl groups excluding tert-OH is 1. The van der Waals surface area contributed by atoms with Crippen molar-refractivity contribution < 1.29 is 80.2 Å². The van der Waals surface area contributed by atoms with Crippen molar-refractivity contribution in [3.63, 3.8) is 0 Å². The van der Waals surface area contributed by atoms with Crippen LogP contribution >= 0.6 is 15.6 Å². The first-order chi connectivity index (χ1) is 44.1. The number of phosphoric acid groups is 2. The minimum atomic E-state index is -4.95. The molecular weight excluding hydrogens is 1210 g/mol. The topological polar surface area (TPSA) is 237 Å². The highest BCUT2D eigenvalue weighted by molar-refractivity contribution is 7.47. The van der Waals surface area contributed by atoms with E-state index in [0.29, 0.717) is 31.6 Å². The Labute approximate surface area is 562 Å². The van der Waals surface area contributed by atoms with Crippen LogP contribution in [0.15, 0.2) is 0 Å². The molecule has 0 aliphatic carbocycles. The summed E-state index contributed by atoms with van der Waals surface area (Å²) in [4.78, 5) is 72.6. The molecule has 0 fully saturated rings. The second-order valence-corrected chi connectivity index (χ2v) is 31.1. The van der Waals surface area contributed by atoms with Gasteiger partial charge in [0.15, 0.2) is 12.2 Å². The lowest BCUT2D eigenvalue weighted by Crippen LogP contribution is -2.30. The maximum Gasteiger partial charge on any atom is 0.472 e. The molecule has 17 nitrogen and oxygen atoms in total. The number of hydrogen-bond acceptors (Lipinski definition) is 15. The summed E-state index contributed by atoms with van der Waals surface area (Å²) in [7, 11) is -9.91. The van der Waals surface area contributed by atoms with Crippen LogP contribution in [0.3, 0.4) is 0 Å².